The Kier molecular flexibility index (Phi) is 14.8. The molecule has 3 aromatic heterocycles. The molecule has 4 aromatic rings. The highest BCUT2D eigenvalue weighted by molar-refractivity contribution is 9.04. The Bertz CT molecular complexity index is 2330. The molecule has 4 atom stereocenters. The van der Waals surface area contributed by atoms with E-state index in [1.54, 1.807) is 24.1 Å². The normalized spacial score (nSPS) is 19.2. The third-order valence-electron chi connectivity index (χ3n) is 12.5. The van der Waals surface area contributed by atoms with Gasteiger partial charge in [-0.3, -0.25) is 29.2 Å². The van der Waals surface area contributed by atoms with Crippen LogP contribution >= 0.6 is 31.6 Å². The fourth-order valence-electron chi connectivity index (χ4n) is 8.69. The summed E-state index contributed by atoms with van der Waals surface area (Å²) in [7, 11) is 4.18. The maximum atomic E-state index is 14.1. The van der Waals surface area contributed by atoms with Gasteiger partial charge in [-0.05, 0) is 73.6 Å². The van der Waals surface area contributed by atoms with Gasteiger partial charge in [-0.2, -0.15) is 20.3 Å². The molecule has 0 saturated carbocycles. The number of nitrogens with zero attached hydrogens (tertiary/aromatic N) is 5. The van der Waals surface area contributed by atoms with E-state index in [0.717, 1.165) is 57.5 Å². The van der Waals surface area contributed by atoms with E-state index in [1.165, 1.54) is 21.7 Å². The van der Waals surface area contributed by atoms with Crippen LogP contribution < -0.4 is 10.7 Å². The number of aromatic nitrogens is 3. The summed E-state index contributed by atoms with van der Waals surface area (Å²) in [5.74, 6) is -1.36. The van der Waals surface area contributed by atoms with Crippen LogP contribution in [0.25, 0.3) is 33.4 Å². The molecule has 3 aliphatic rings. The largest absolute Gasteiger partial charge is 0.467 e. The highest BCUT2D eigenvalue weighted by Crippen LogP contribution is 2.63. The topological polar surface area (TPSA) is 157 Å². The monoisotopic (exact) mass is 921 g/mol. The van der Waals surface area contributed by atoms with Gasteiger partial charge in [0.05, 0.1) is 34.8 Å². The zero-order chi connectivity index (χ0) is 45.1. The molecule has 2 N–H and O–H groups in total. The Morgan fingerprint density at radius 1 is 1.14 bits per heavy atom. The Labute approximate surface area is 380 Å². The summed E-state index contributed by atoms with van der Waals surface area (Å²) in [6, 6.07) is 9.67. The lowest BCUT2D eigenvalue weighted by Gasteiger charge is -2.39. The number of thiol groups is 2. The third kappa shape index (κ3) is 10.2. The first-order valence-corrected chi connectivity index (χ1v) is 25.8. The maximum absolute atomic E-state index is 14.1. The van der Waals surface area contributed by atoms with E-state index in [0.29, 0.717) is 50.6 Å². The van der Waals surface area contributed by atoms with Crippen molar-refractivity contribution in [2.45, 2.75) is 97.3 Å². The summed E-state index contributed by atoms with van der Waals surface area (Å²) >= 11 is 1.46. The van der Waals surface area contributed by atoms with Gasteiger partial charge in [-0.15, -0.1) is 11.3 Å². The molecule has 3 amide bonds. The van der Waals surface area contributed by atoms with E-state index in [1.807, 2.05) is 31.5 Å². The highest BCUT2D eigenvalue weighted by atomic mass is 33.2. The standard InChI is InChI=1S/C46H63N7O7S3/c1-9-52-38-15-14-30(19-34(38)35(22-45(4,5)26-60-27-54)41(52)32-13-12-16-47-42(32)46(6,59-8)63-28-62-63)37-25-61-39(49-37)21-36(44(57)53-18-11-10-17-48-53)50-43(56)33(29(2)3)20-40(55)51-23-31(24-51)58-7/h12-16,19,25,27-29,31,33,36,48,62-63H,9-11,17-18,20-24,26H2,1-8H3,(H,50,56)/t33-,36-,46?/m0/s1. The maximum Gasteiger partial charge on any atom is 0.293 e. The molecule has 2 unspecified atom stereocenters. The number of benzene rings is 1. The second-order valence-electron chi connectivity index (χ2n) is 17.9. The number of likely N-dealkylation sites (tertiary alicyclic amines) is 1. The molecule has 6 heterocycles. The predicted octanol–water partition coefficient (Wildman–Crippen LogP) is 6.24. The van der Waals surface area contributed by atoms with Crippen molar-refractivity contribution in [1.82, 2.24) is 35.2 Å². The van der Waals surface area contributed by atoms with Crippen molar-refractivity contribution in [1.29, 1.82) is 0 Å². The fourth-order valence-corrected chi connectivity index (χ4v) is 13.1. The lowest BCUT2D eigenvalue weighted by atomic mass is 9.84. The van der Waals surface area contributed by atoms with E-state index in [-0.39, 0.29) is 49.2 Å². The molecule has 2 saturated heterocycles. The van der Waals surface area contributed by atoms with Crippen molar-refractivity contribution in [3.63, 3.8) is 0 Å². The van der Waals surface area contributed by atoms with Crippen molar-refractivity contribution < 1.29 is 33.4 Å². The summed E-state index contributed by atoms with van der Waals surface area (Å²) < 4.78 is 21.6. The Morgan fingerprint density at radius 3 is 2.57 bits per heavy atom. The number of pyridine rings is 1. The van der Waals surface area contributed by atoms with Crippen molar-refractivity contribution in [3.05, 3.63) is 58.2 Å². The zero-order valence-corrected chi connectivity index (χ0v) is 40.3. The minimum atomic E-state index is -0.882. The van der Waals surface area contributed by atoms with Gasteiger partial charge in [0.1, 0.15) is 11.0 Å². The van der Waals surface area contributed by atoms with Crippen LogP contribution in [0.15, 0.2) is 41.9 Å². The van der Waals surface area contributed by atoms with Crippen molar-refractivity contribution in [2.75, 3.05) is 47.0 Å². The number of nitrogens with one attached hydrogen (secondary N) is 2. The van der Waals surface area contributed by atoms with Gasteiger partial charge >= 0.3 is 0 Å². The molecule has 1 aromatic carbocycles. The van der Waals surface area contributed by atoms with Crippen LogP contribution in [0.5, 0.6) is 0 Å². The van der Waals surface area contributed by atoms with Crippen LogP contribution in [0, 0.1) is 17.3 Å². The van der Waals surface area contributed by atoms with Gasteiger partial charge in [0.2, 0.25) is 11.8 Å². The number of rotatable bonds is 20. The average molecular weight is 922 g/mol. The molecule has 2 fully saturated rings. The molecule has 342 valence electrons. The lowest BCUT2D eigenvalue weighted by molar-refractivity contribution is -0.147. The molecule has 17 heteroatoms. The zero-order valence-electron chi connectivity index (χ0n) is 37.7. The third-order valence-corrected chi connectivity index (χ3v) is 17.7. The minimum absolute atomic E-state index is 0.0201. The molecule has 0 spiro atoms. The van der Waals surface area contributed by atoms with E-state index < -0.39 is 32.2 Å². The van der Waals surface area contributed by atoms with Gasteiger partial charge in [-0.1, -0.05) is 33.8 Å². The van der Waals surface area contributed by atoms with Crippen molar-refractivity contribution in [3.8, 4) is 22.5 Å². The van der Waals surface area contributed by atoms with Gasteiger partial charge in [0, 0.05) is 105 Å². The van der Waals surface area contributed by atoms with Crippen molar-refractivity contribution in [2.24, 2.45) is 17.3 Å². The summed E-state index contributed by atoms with van der Waals surface area (Å²) in [5.41, 5.74) is 9.67. The van der Waals surface area contributed by atoms with E-state index in [9.17, 15) is 19.2 Å². The van der Waals surface area contributed by atoms with Gasteiger partial charge < -0.3 is 29.0 Å². The smallest absolute Gasteiger partial charge is 0.293 e. The second kappa shape index (κ2) is 19.9. The number of ether oxygens (including phenoxy) is 3. The van der Waals surface area contributed by atoms with Gasteiger partial charge in [-0.25, -0.2) is 10.4 Å². The van der Waals surface area contributed by atoms with Gasteiger partial charge in [0.15, 0.2) is 0 Å². The molecule has 0 radical (unpaired) electrons. The lowest BCUT2D eigenvalue weighted by Crippen LogP contribution is -2.57. The quantitative estimate of drug-likeness (QED) is 0.0347. The van der Waals surface area contributed by atoms with Crippen LogP contribution in [0.3, 0.4) is 0 Å². The summed E-state index contributed by atoms with van der Waals surface area (Å²) in [4.78, 5) is 64.0. The molecule has 63 heavy (non-hydrogen) atoms. The number of hydrogen-bond donors (Lipinski definition) is 4. The van der Waals surface area contributed by atoms with Crippen LogP contribution in [-0.2, 0) is 57.7 Å². The number of carbonyl (C=O) groups excluding carboxylic acids is 4. The first kappa shape index (κ1) is 46.9. The van der Waals surface area contributed by atoms with Crippen LogP contribution in [0.4, 0.5) is 0 Å². The van der Waals surface area contributed by atoms with Crippen LogP contribution in [0.1, 0.15) is 77.1 Å². The molecule has 0 aliphatic carbocycles. The van der Waals surface area contributed by atoms with Crippen LogP contribution in [0.2, 0.25) is 0 Å². The number of carbonyl (C=O) groups is 4. The first-order valence-electron chi connectivity index (χ1n) is 21.9. The average Bonchev–Trinajstić information content (AvgIpc) is 3.96. The Balaban J connectivity index is 1.22. The number of methoxy groups -OCH3 is 2. The van der Waals surface area contributed by atoms with E-state index in [4.69, 9.17) is 24.2 Å². The fraction of sp³-hybridized carbons (Fsp3) is 0.543. The predicted molar refractivity (Wildman–Crippen MR) is 255 cm³/mol. The second-order valence-corrected chi connectivity index (χ2v) is 23.5. The number of aryl methyl sites for hydroxylation is 1. The number of thiazole rings is 1. The highest BCUT2D eigenvalue weighted by Gasteiger charge is 2.41. The van der Waals surface area contributed by atoms with Crippen LogP contribution in [-0.4, -0.2) is 112 Å². The minimum Gasteiger partial charge on any atom is -0.467 e. The summed E-state index contributed by atoms with van der Waals surface area (Å²) in [6.45, 7) is 16.1. The molecule has 0 bridgehead atoms. The van der Waals surface area contributed by atoms with E-state index in [2.05, 4.69) is 72.0 Å². The number of amides is 3. The molecular weight excluding hydrogens is 859 g/mol. The van der Waals surface area contributed by atoms with Gasteiger partial charge in [0.25, 0.3) is 12.4 Å². The number of hydrogen-bond acceptors (Lipinski definition) is 11. The Morgan fingerprint density at radius 2 is 1.92 bits per heavy atom. The summed E-state index contributed by atoms with van der Waals surface area (Å²) in [6.07, 6.45) is 4.56. The first-order chi connectivity index (χ1) is 30.2. The van der Waals surface area contributed by atoms with E-state index >= 15 is 0 Å². The van der Waals surface area contributed by atoms with Crippen molar-refractivity contribution >= 4 is 71.4 Å². The molecular formula is C46H63N7O7S3. The number of hydrazine groups is 1. The molecule has 7 rings (SSSR count). The summed E-state index contributed by atoms with van der Waals surface area (Å²) in [5, 5.41) is 8.47. The molecule has 3 aliphatic heterocycles. The number of fused-ring (bicyclic) bond motifs is 1. The Hall–Kier alpha value is -4.13. The SMILES string of the molecule is CCn1c(-c2cccnc2C(C)(OC)[SH]2C=[SH]2)c(CC(C)(C)COC=O)c2cc(-c3csc(C[C@H](NC(=O)[C@@H](CC(=O)N4CC(OC)C4)C(C)C)C(=O)N4CCCCN4)n3)ccc21. The molecule has 14 nitrogen and oxygen atoms in total.